The molecule has 24 heavy (non-hydrogen) atoms. The van der Waals surface area contributed by atoms with Crippen molar-refractivity contribution in [2.24, 2.45) is 0 Å². The molecule has 0 aliphatic carbocycles. The van der Waals surface area contributed by atoms with Crippen LogP contribution in [0.1, 0.15) is 46.8 Å². The molecule has 0 aliphatic heterocycles. The number of hydrogen-bond donors (Lipinski definition) is 1. The van der Waals surface area contributed by atoms with Crippen LogP contribution in [0.5, 0.6) is 5.75 Å². The molecule has 0 aromatic heterocycles. The molecule has 0 bridgehead atoms. The lowest BCUT2D eigenvalue weighted by molar-refractivity contribution is -0.118. The van der Waals surface area contributed by atoms with Crippen molar-refractivity contribution in [1.82, 2.24) is 0 Å². The molecule has 0 saturated carbocycles. The minimum atomic E-state index is -0.217. The van der Waals surface area contributed by atoms with E-state index in [1.807, 2.05) is 38.1 Å². The molecule has 1 amide bonds. The molecular formula is C20H23NO3. The van der Waals surface area contributed by atoms with E-state index in [9.17, 15) is 9.59 Å². The van der Waals surface area contributed by atoms with Gasteiger partial charge in [0.1, 0.15) is 12.0 Å². The number of aryl methyl sites for hydroxylation is 2. The Morgan fingerprint density at radius 2 is 1.71 bits per heavy atom. The maximum absolute atomic E-state index is 12.1. The minimum absolute atomic E-state index is 0.0753. The van der Waals surface area contributed by atoms with Crippen LogP contribution < -0.4 is 10.1 Å². The number of carbonyl (C=O) groups excluding carboxylic acids is 2. The summed E-state index contributed by atoms with van der Waals surface area (Å²) in [6, 6.07) is 11.3. The fourth-order valence-corrected chi connectivity index (χ4v) is 2.57. The molecule has 0 heterocycles. The highest BCUT2D eigenvalue weighted by molar-refractivity contribution is 5.91. The van der Waals surface area contributed by atoms with Gasteiger partial charge in [0.05, 0.1) is 0 Å². The lowest BCUT2D eigenvalue weighted by Gasteiger charge is -2.13. The molecule has 1 N–H and O–H groups in total. The summed E-state index contributed by atoms with van der Waals surface area (Å²) in [5, 5.41) is 2.82. The number of benzene rings is 2. The van der Waals surface area contributed by atoms with Crippen LogP contribution >= 0.6 is 0 Å². The first-order chi connectivity index (χ1) is 11.4. The van der Waals surface area contributed by atoms with E-state index in [0.717, 1.165) is 23.1 Å². The average molecular weight is 325 g/mol. The number of hydrogen-bond acceptors (Lipinski definition) is 3. The largest absolute Gasteiger partial charge is 0.483 e. The van der Waals surface area contributed by atoms with Crippen LogP contribution in [-0.4, -0.2) is 18.8 Å². The summed E-state index contributed by atoms with van der Waals surface area (Å²) in [7, 11) is 0. The monoisotopic (exact) mass is 325 g/mol. The zero-order chi connectivity index (χ0) is 17.7. The standard InChI is InChI=1S/C20H23NO3/c1-13(2)17-5-7-18(8-6-17)21-19(23)12-24-20-14(3)9-16(11-22)10-15(20)4/h5-11,13H,12H2,1-4H3,(H,21,23). The Kier molecular flexibility index (Phi) is 5.74. The minimum Gasteiger partial charge on any atom is -0.483 e. The molecule has 0 unspecified atom stereocenters. The van der Waals surface area contributed by atoms with E-state index in [-0.39, 0.29) is 12.5 Å². The van der Waals surface area contributed by atoms with Crippen LogP contribution in [0.2, 0.25) is 0 Å². The Hall–Kier alpha value is -2.62. The highest BCUT2D eigenvalue weighted by Gasteiger charge is 2.09. The van der Waals surface area contributed by atoms with Gasteiger partial charge in [-0.2, -0.15) is 0 Å². The van der Waals surface area contributed by atoms with Gasteiger partial charge in [-0.1, -0.05) is 26.0 Å². The second kappa shape index (κ2) is 7.77. The van der Waals surface area contributed by atoms with Crippen LogP contribution in [0.25, 0.3) is 0 Å². The van der Waals surface area contributed by atoms with E-state index < -0.39 is 0 Å². The van der Waals surface area contributed by atoms with Crippen molar-refractivity contribution in [2.75, 3.05) is 11.9 Å². The second-order valence-electron chi connectivity index (χ2n) is 6.22. The summed E-state index contributed by atoms with van der Waals surface area (Å²) in [5.41, 5.74) is 4.26. The lowest BCUT2D eigenvalue weighted by atomic mass is 10.0. The van der Waals surface area contributed by atoms with Crippen LogP contribution in [0.15, 0.2) is 36.4 Å². The van der Waals surface area contributed by atoms with Gasteiger partial charge >= 0.3 is 0 Å². The van der Waals surface area contributed by atoms with Crippen molar-refractivity contribution in [3.8, 4) is 5.75 Å². The third kappa shape index (κ3) is 4.44. The number of aldehydes is 1. The molecule has 2 aromatic rings. The van der Waals surface area contributed by atoms with Crippen molar-refractivity contribution in [1.29, 1.82) is 0 Å². The SMILES string of the molecule is Cc1cc(C=O)cc(C)c1OCC(=O)Nc1ccc(C(C)C)cc1. The predicted molar refractivity (Wildman–Crippen MR) is 96.0 cm³/mol. The van der Waals surface area contributed by atoms with E-state index in [2.05, 4.69) is 19.2 Å². The van der Waals surface area contributed by atoms with Crippen molar-refractivity contribution in [3.05, 3.63) is 58.7 Å². The molecule has 0 spiro atoms. The summed E-state index contributed by atoms with van der Waals surface area (Å²) >= 11 is 0. The quantitative estimate of drug-likeness (QED) is 0.808. The van der Waals surface area contributed by atoms with Crippen LogP contribution in [0.4, 0.5) is 5.69 Å². The smallest absolute Gasteiger partial charge is 0.262 e. The first-order valence-corrected chi connectivity index (χ1v) is 7.99. The van der Waals surface area contributed by atoms with Gasteiger partial charge in [-0.05, 0) is 60.7 Å². The van der Waals surface area contributed by atoms with Crippen LogP contribution in [0, 0.1) is 13.8 Å². The molecule has 4 nitrogen and oxygen atoms in total. The van der Waals surface area contributed by atoms with E-state index >= 15 is 0 Å². The Bertz CT molecular complexity index is 710. The molecule has 2 aromatic carbocycles. The fourth-order valence-electron chi connectivity index (χ4n) is 2.57. The third-order valence-electron chi connectivity index (χ3n) is 3.83. The van der Waals surface area contributed by atoms with Crippen molar-refractivity contribution < 1.29 is 14.3 Å². The Balaban J connectivity index is 1.97. The van der Waals surface area contributed by atoms with Gasteiger partial charge in [-0.15, -0.1) is 0 Å². The van der Waals surface area contributed by atoms with E-state index in [0.29, 0.717) is 17.2 Å². The normalized spacial score (nSPS) is 10.5. The number of rotatable bonds is 6. The van der Waals surface area contributed by atoms with Gasteiger partial charge in [0.15, 0.2) is 6.61 Å². The highest BCUT2D eigenvalue weighted by Crippen LogP contribution is 2.24. The number of ether oxygens (including phenoxy) is 1. The molecule has 0 atom stereocenters. The van der Waals surface area contributed by atoms with Gasteiger partial charge in [0.2, 0.25) is 0 Å². The van der Waals surface area contributed by atoms with Crippen molar-refractivity contribution in [2.45, 2.75) is 33.6 Å². The first kappa shape index (κ1) is 17.7. The summed E-state index contributed by atoms with van der Waals surface area (Å²) in [6.45, 7) is 7.90. The third-order valence-corrected chi connectivity index (χ3v) is 3.83. The molecule has 0 radical (unpaired) electrons. The zero-order valence-electron chi connectivity index (χ0n) is 14.6. The van der Waals surface area contributed by atoms with E-state index in [1.54, 1.807) is 12.1 Å². The lowest BCUT2D eigenvalue weighted by Crippen LogP contribution is -2.20. The predicted octanol–water partition coefficient (Wildman–Crippen LogP) is 4.26. The second-order valence-corrected chi connectivity index (χ2v) is 6.22. The van der Waals surface area contributed by atoms with Crippen LogP contribution in [-0.2, 0) is 4.79 Å². The van der Waals surface area contributed by atoms with Gasteiger partial charge < -0.3 is 10.1 Å². The fraction of sp³-hybridized carbons (Fsp3) is 0.300. The van der Waals surface area contributed by atoms with Gasteiger partial charge in [-0.25, -0.2) is 0 Å². The number of anilines is 1. The number of amides is 1. The molecular weight excluding hydrogens is 302 g/mol. The van der Waals surface area contributed by atoms with Crippen molar-refractivity contribution >= 4 is 17.9 Å². The highest BCUT2D eigenvalue weighted by atomic mass is 16.5. The topological polar surface area (TPSA) is 55.4 Å². The van der Waals surface area contributed by atoms with Gasteiger partial charge in [-0.3, -0.25) is 9.59 Å². The molecule has 4 heteroatoms. The van der Waals surface area contributed by atoms with Gasteiger partial charge in [0, 0.05) is 11.3 Å². The first-order valence-electron chi connectivity index (χ1n) is 7.99. The number of carbonyl (C=O) groups is 2. The van der Waals surface area contributed by atoms with Crippen LogP contribution in [0.3, 0.4) is 0 Å². The average Bonchev–Trinajstić information content (AvgIpc) is 2.54. The number of nitrogens with one attached hydrogen (secondary N) is 1. The summed E-state index contributed by atoms with van der Waals surface area (Å²) in [6.07, 6.45) is 0.803. The molecule has 0 aliphatic rings. The maximum Gasteiger partial charge on any atom is 0.262 e. The molecule has 0 saturated heterocycles. The van der Waals surface area contributed by atoms with E-state index in [1.165, 1.54) is 5.56 Å². The molecule has 0 fully saturated rings. The maximum atomic E-state index is 12.1. The molecule has 2 rings (SSSR count). The van der Waals surface area contributed by atoms with Gasteiger partial charge in [0.25, 0.3) is 5.91 Å². The Morgan fingerprint density at radius 3 is 2.21 bits per heavy atom. The summed E-state index contributed by atoms with van der Waals surface area (Å²) in [4.78, 5) is 22.9. The van der Waals surface area contributed by atoms with E-state index in [4.69, 9.17) is 4.74 Å². The summed E-state index contributed by atoms with van der Waals surface area (Å²) in [5.74, 6) is 0.884. The Labute approximate surface area is 142 Å². The summed E-state index contributed by atoms with van der Waals surface area (Å²) < 4.78 is 5.64. The molecule has 126 valence electrons. The zero-order valence-corrected chi connectivity index (χ0v) is 14.6. The van der Waals surface area contributed by atoms with Crippen molar-refractivity contribution in [3.63, 3.8) is 0 Å². The Morgan fingerprint density at radius 1 is 1.12 bits per heavy atom.